The number of cyclic esters (lactones) is 1. The van der Waals surface area contributed by atoms with Gasteiger partial charge in [-0.3, -0.25) is 4.90 Å². The van der Waals surface area contributed by atoms with E-state index in [1.807, 2.05) is 18.7 Å². The minimum Gasteiger partial charge on any atom is -0.441 e. The maximum Gasteiger partial charge on any atom is 0.414 e. The quantitative estimate of drug-likeness (QED) is 0.690. The second kappa shape index (κ2) is 10.3. The first-order valence-electron chi connectivity index (χ1n) is 9.98. The van der Waals surface area contributed by atoms with Gasteiger partial charge in [-0.25, -0.2) is 9.18 Å². The van der Waals surface area contributed by atoms with Crippen LogP contribution in [0.1, 0.15) is 32.6 Å². The summed E-state index contributed by atoms with van der Waals surface area (Å²) in [5.74, 6) is 1.88. The van der Waals surface area contributed by atoms with Gasteiger partial charge in [-0.2, -0.15) is 11.8 Å². The SMILES string of the molecule is CCCC(O)OC[C@H]1CN(c2ccc(N3CCCSCCC3)c(F)c2)C(=O)O1. The van der Waals surface area contributed by atoms with Crippen molar-refractivity contribution in [3.8, 4) is 0 Å². The Morgan fingerprint density at radius 3 is 2.79 bits per heavy atom. The lowest BCUT2D eigenvalue weighted by Gasteiger charge is -2.27. The maximum absolute atomic E-state index is 14.8. The van der Waals surface area contributed by atoms with Crippen molar-refractivity contribution in [1.29, 1.82) is 0 Å². The summed E-state index contributed by atoms with van der Waals surface area (Å²) >= 11 is 1.95. The van der Waals surface area contributed by atoms with Crippen molar-refractivity contribution in [2.75, 3.05) is 47.5 Å². The fraction of sp³-hybridized carbons (Fsp3) is 0.650. The summed E-state index contributed by atoms with van der Waals surface area (Å²) in [6.45, 7) is 4.03. The monoisotopic (exact) mass is 412 g/mol. The smallest absolute Gasteiger partial charge is 0.414 e. The molecule has 2 aliphatic heterocycles. The minimum absolute atomic E-state index is 0.121. The van der Waals surface area contributed by atoms with E-state index in [2.05, 4.69) is 4.90 Å². The lowest BCUT2D eigenvalue weighted by molar-refractivity contribution is -0.120. The molecule has 2 heterocycles. The van der Waals surface area contributed by atoms with Crippen LogP contribution < -0.4 is 9.80 Å². The summed E-state index contributed by atoms with van der Waals surface area (Å²) in [5, 5.41) is 9.65. The van der Waals surface area contributed by atoms with E-state index < -0.39 is 18.5 Å². The number of nitrogens with zero attached hydrogens (tertiary/aromatic N) is 2. The topological polar surface area (TPSA) is 62.2 Å². The predicted octanol–water partition coefficient (Wildman–Crippen LogP) is 3.62. The van der Waals surface area contributed by atoms with Gasteiger partial charge in [0.15, 0.2) is 6.29 Å². The minimum atomic E-state index is -0.856. The molecule has 0 aliphatic carbocycles. The number of anilines is 2. The van der Waals surface area contributed by atoms with Crippen molar-refractivity contribution in [2.45, 2.75) is 45.0 Å². The molecule has 1 aromatic rings. The summed E-state index contributed by atoms with van der Waals surface area (Å²) in [7, 11) is 0. The van der Waals surface area contributed by atoms with Gasteiger partial charge >= 0.3 is 6.09 Å². The summed E-state index contributed by atoms with van der Waals surface area (Å²) in [6.07, 6.45) is 1.56. The number of hydrogen-bond acceptors (Lipinski definition) is 6. The molecule has 0 spiro atoms. The van der Waals surface area contributed by atoms with Gasteiger partial charge < -0.3 is 19.5 Å². The van der Waals surface area contributed by atoms with Crippen LogP contribution in [0.2, 0.25) is 0 Å². The number of aliphatic hydroxyl groups is 1. The number of carbonyl (C=O) groups excluding carboxylic acids is 1. The summed E-state index contributed by atoms with van der Waals surface area (Å²) in [6, 6.07) is 4.92. The van der Waals surface area contributed by atoms with Gasteiger partial charge in [-0.15, -0.1) is 0 Å². The highest BCUT2D eigenvalue weighted by Crippen LogP contribution is 2.29. The van der Waals surface area contributed by atoms with E-state index in [-0.39, 0.29) is 19.0 Å². The van der Waals surface area contributed by atoms with Gasteiger partial charge in [0.1, 0.15) is 11.9 Å². The molecule has 3 rings (SSSR count). The average molecular weight is 413 g/mol. The Morgan fingerprint density at radius 2 is 2.11 bits per heavy atom. The number of benzene rings is 1. The molecule has 0 saturated carbocycles. The molecule has 2 atom stereocenters. The number of amides is 1. The van der Waals surface area contributed by atoms with Crippen molar-refractivity contribution in [3.05, 3.63) is 24.0 Å². The molecular formula is C20H29FN2O4S. The largest absolute Gasteiger partial charge is 0.441 e. The molecule has 1 aromatic carbocycles. The van der Waals surface area contributed by atoms with Gasteiger partial charge in [0.25, 0.3) is 0 Å². The van der Waals surface area contributed by atoms with E-state index in [9.17, 15) is 14.3 Å². The molecule has 8 heteroatoms. The van der Waals surface area contributed by atoms with Crippen LogP contribution in [-0.4, -0.2) is 61.3 Å². The van der Waals surface area contributed by atoms with E-state index in [1.54, 1.807) is 12.1 Å². The average Bonchev–Trinajstić information content (AvgIpc) is 3.01. The van der Waals surface area contributed by atoms with Crippen LogP contribution in [0, 0.1) is 5.82 Å². The first kappa shape index (κ1) is 21.2. The van der Waals surface area contributed by atoms with E-state index in [0.717, 1.165) is 43.9 Å². The zero-order chi connectivity index (χ0) is 19.9. The molecule has 0 radical (unpaired) electrons. The van der Waals surface area contributed by atoms with Crippen LogP contribution >= 0.6 is 11.8 Å². The first-order chi connectivity index (χ1) is 13.6. The van der Waals surface area contributed by atoms with Crippen molar-refractivity contribution in [2.24, 2.45) is 0 Å². The third kappa shape index (κ3) is 5.52. The Balaban J connectivity index is 1.62. The van der Waals surface area contributed by atoms with E-state index in [4.69, 9.17) is 9.47 Å². The molecule has 2 fully saturated rings. The van der Waals surface area contributed by atoms with Crippen molar-refractivity contribution >= 4 is 29.2 Å². The zero-order valence-electron chi connectivity index (χ0n) is 16.3. The van der Waals surface area contributed by atoms with Crippen LogP contribution in [0.25, 0.3) is 0 Å². The predicted molar refractivity (Wildman–Crippen MR) is 110 cm³/mol. The number of aliphatic hydroxyl groups excluding tert-OH is 1. The second-order valence-electron chi connectivity index (χ2n) is 7.14. The molecule has 0 bridgehead atoms. The fourth-order valence-electron chi connectivity index (χ4n) is 3.46. The van der Waals surface area contributed by atoms with Gasteiger partial charge in [0, 0.05) is 13.1 Å². The second-order valence-corrected chi connectivity index (χ2v) is 8.36. The number of thioether (sulfide) groups is 1. The number of hydrogen-bond donors (Lipinski definition) is 1. The molecule has 1 N–H and O–H groups in total. The Labute approximate surface area is 170 Å². The Morgan fingerprint density at radius 1 is 1.36 bits per heavy atom. The molecule has 6 nitrogen and oxygen atoms in total. The van der Waals surface area contributed by atoms with Crippen molar-refractivity contribution in [1.82, 2.24) is 0 Å². The van der Waals surface area contributed by atoms with Crippen LogP contribution in [0.3, 0.4) is 0 Å². The van der Waals surface area contributed by atoms with Crippen molar-refractivity contribution in [3.63, 3.8) is 0 Å². The van der Waals surface area contributed by atoms with Gasteiger partial charge in [-0.05, 0) is 49.0 Å². The third-order valence-electron chi connectivity index (χ3n) is 4.90. The van der Waals surface area contributed by atoms with Gasteiger partial charge in [0.05, 0.1) is 24.5 Å². The number of halogens is 1. The van der Waals surface area contributed by atoms with Crippen molar-refractivity contribution < 1.29 is 23.8 Å². The molecule has 2 aliphatic rings. The van der Waals surface area contributed by atoms with Gasteiger partial charge in [-0.1, -0.05) is 13.3 Å². The standard InChI is InChI=1S/C20H29FN2O4S/c1-2-5-19(24)26-14-16-13-23(20(25)27-16)15-6-7-18(17(21)12-15)22-8-3-10-28-11-4-9-22/h6-7,12,16,19,24H,2-5,8-11,13-14H2,1H3/t16-,19?/m1/s1. The van der Waals surface area contributed by atoms with Crippen LogP contribution in [0.4, 0.5) is 20.6 Å². The maximum atomic E-state index is 14.8. The highest BCUT2D eigenvalue weighted by atomic mass is 32.2. The van der Waals surface area contributed by atoms with E-state index in [0.29, 0.717) is 17.8 Å². The zero-order valence-corrected chi connectivity index (χ0v) is 17.1. The lowest BCUT2D eigenvalue weighted by atomic mass is 10.2. The Kier molecular flexibility index (Phi) is 7.82. The molecule has 156 valence electrons. The highest BCUT2D eigenvalue weighted by Gasteiger charge is 2.33. The summed E-state index contributed by atoms with van der Waals surface area (Å²) in [4.78, 5) is 15.7. The highest BCUT2D eigenvalue weighted by molar-refractivity contribution is 7.99. The number of ether oxygens (including phenoxy) is 2. The third-order valence-corrected chi connectivity index (χ3v) is 6.06. The molecular weight excluding hydrogens is 383 g/mol. The summed E-state index contributed by atoms with van der Waals surface area (Å²) in [5.41, 5.74) is 1.07. The molecule has 2 saturated heterocycles. The van der Waals surface area contributed by atoms with Gasteiger partial charge in [0.2, 0.25) is 0 Å². The van der Waals surface area contributed by atoms with Crippen LogP contribution in [0.15, 0.2) is 18.2 Å². The Bertz CT molecular complexity index is 655. The van der Waals surface area contributed by atoms with E-state index >= 15 is 0 Å². The fourth-order valence-corrected chi connectivity index (χ4v) is 4.33. The molecule has 1 unspecified atom stereocenters. The Hall–Kier alpha value is -1.51. The molecule has 28 heavy (non-hydrogen) atoms. The normalized spacial score (nSPS) is 22.0. The molecule has 1 amide bonds. The number of rotatable bonds is 7. The van der Waals surface area contributed by atoms with Crippen LogP contribution in [0.5, 0.6) is 0 Å². The number of carbonyl (C=O) groups is 1. The molecule has 0 aromatic heterocycles. The van der Waals surface area contributed by atoms with E-state index in [1.165, 1.54) is 11.0 Å². The lowest BCUT2D eigenvalue weighted by Crippen LogP contribution is -2.29. The van der Waals surface area contributed by atoms with Crippen LogP contribution in [-0.2, 0) is 9.47 Å². The first-order valence-corrected chi connectivity index (χ1v) is 11.1. The summed E-state index contributed by atoms with van der Waals surface area (Å²) < 4.78 is 25.4.